The van der Waals surface area contributed by atoms with Crippen LogP contribution in [0.2, 0.25) is 0 Å². The molecule has 0 unspecified atom stereocenters. The van der Waals surface area contributed by atoms with Gasteiger partial charge in [-0.2, -0.15) is 10.5 Å². The molecule has 0 fully saturated rings. The van der Waals surface area contributed by atoms with Crippen molar-refractivity contribution in [3.63, 3.8) is 0 Å². The Morgan fingerprint density at radius 3 is 1.80 bits per heavy atom. The molecule has 10 nitrogen and oxygen atoms in total. The monoisotopic (exact) mass is 562 g/mol. The van der Waals surface area contributed by atoms with Crippen molar-refractivity contribution in [2.45, 2.75) is 14.9 Å². The molecule has 2 N–H and O–H groups in total. The highest BCUT2D eigenvalue weighted by Gasteiger charge is 2.10. The van der Waals surface area contributed by atoms with E-state index in [4.69, 9.17) is 10.5 Å². The molecule has 2 aromatic carbocycles. The first-order chi connectivity index (χ1) is 19.1. The third kappa shape index (κ3) is 8.61. The fourth-order valence-corrected chi connectivity index (χ4v) is 3.98. The van der Waals surface area contributed by atoms with Gasteiger partial charge >= 0.3 is 0 Å². The highest BCUT2D eigenvalue weighted by Crippen LogP contribution is 2.29. The summed E-state index contributed by atoms with van der Waals surface area (Å²) in [4.78, 5) is 31.4. The summed E-state index contributed by atoms with van der Waals surface area (Å²) in [6, 6.07) is 24.6. The number of aromatic nitrogens is 4. The summed E-state index contributed by atoms with van der Waals surface area (Å²) in [6.07, 6.45) is 6.42. The predicted molar refractivity (Wildman–Crippen MR) is 157 cm³/mol. The van der Waals surface area contributed by atoms with Gasteiger partial charge in [0.25, 0.3) is 11.8 Å². The second-order valence-corrected chi connectivity index (χ2v) is 8.67. The first kappa shape index (κ1) is 31.4. The Balaban J connectivity index is 0.000000274. The SMILES string of the molecule is C.C.N#Cc1cccc(-c2nnc(-c3cccnc3)s2)c1.N#Cc1cccc(C(=O)NNC(=O)c2cccnc2)c1. The van der Waals surface area contributed by atoms with Crippen LogP contribution >= 0.6 is 11.3 Å². The maximum atomic E-state index is 11.8. The first-order valence-corrected chi connectivity index (χ1v) is 12.1. The Kier molecular flexibility index (Phi) is 12.0. The number of hydrogen-bond donors (Lipinski definition) is 2. The molecule has 0 saturated heterocycles. The van der Waals surface area contributed by atoms with E-state index in [0.29, 0.717) is 16.7 Å². The number of hydrogen-bond acceptors (Lipinski definition) is 9. The third-order valence-electron chi connectivity index (χ3n) is 5.04. The summed E-state index contributed by atoms with van der Waals surface area (Å²) in [5.41, 5.74) is 8.01. The maximum Gasteiger partial charge on any atom is 0.271 e. The van der Waals surface area contributed by atoms with Crippen LogP contribution in [-0.2, 0) is 0 Å². The number of nitrogens with zero attached hydrogens (tertiary/aromatic N) is 6. The number of carbonyl (C=O) groups is 2. The van der Waals surface area contributed by atoms with Crippen LogP contribution in [0.25, 0.3) is 21.1 Å². The van der Waals surface area contributed by atoms with Crippen LogP contribution in [-0.4, -0.2) is 32.0 Å². The summed E-state index contributed by atoms with van der Waals surface area (Å²) in [5, 5.41) is 27.6. The van der Waals surface area contributed by atoms with Gasteiger partial charge in [-0.3, -0.25) is 30.4 Å². The summed E-state index contributed by atoms with van der Waals surface area (Å²) in [7, 11) is 0. The van der Waals surface area contributed by atoms with Crippen molar-refractivity contribution >= 4 is 23.2 Å². The molecule has 0 aliphatic heterocycles. The van der Waals surface area contributed by atoms with Gasteiger partial charge in [0.1, 0.15) is 10.0 Å². The lowest BCUT2D eigenvalue weighted by Gasteiger charge is -2.07. The molecule has 41 heavy (non-hydrogen) atoms. The summed E-state index contributed by atoms with van der Waals surface area (Å²) in [6.45, 7) is 0. The van der Waals surface area contributed by atoms with Crippen LogP contribution < -0.4 is 10.9 Å². The van der Waals surface area contributed by atoms with Crippen molar-refractivity contribution < 1.29 is 9.59 Å². The van der Waals surface area contributed by atoms with Gasteiger partial charge < -0.3 is 0 Å². The van der Waals surface area contributed by atoms with Gasteiger partial charge in [0.2, 0.25) is 0 Å². The highest BCUT2D eigenvalue weighted by molar-refractivity contribution is 7.17. The molecule has 0 atom stereocenters. The van der Waals surface area contributed by atoms with Gasteiger partial charge in [0, 0.05) is 41.5 Å². The van der Waals surface area contributed by atoms with Crippen molar-refractivity contribution in [2.75, 3.05) is 0 Å². The van der Waals surface area contributed by atoms with E-state index in [-0.39, 0.29) is 20.4 Å². The first-order valence-electron chi connectivity index (χ1n) is 11.3. The zero-order valence-electron chi connectivity index (χ0n) is 20.1. The van der Waals surface area contributed by atoms with Crippen LogP contribution in [0.4, 0.5) is 0 Å². The van der Waals surface area contributed by atoms with E-state index in [9.17, 15) is 9.59 Å². The van der Waals surface area contributed by atoms with Crippen LogP contribution in [0.5, 0.6) is 0 Å². The fourth-order valence-electron chi connectivity index (χ4n) is 3.15. The van der Waals surface area contributed by atoms with E-state index < -0.39 is 11.8 Å². The number of nitriles is 2. The second-order valence-electron chi connectivity index (χ2n) is 7.69. The molecule has 0 bridgehead atoms. The average Bonchev–Trinajstić information content (AvgIpc) is 3.51. The highest BCUT2D eigenvalue weighted by atomic mass is 32.1. The van der Waals surface area contributed by atoms with Gasteiger partial charge in [-0.25, -0.2) is 0 Å². The molecule has 11 heteroatoms. The molecule has 0 saturated carbocycles. The van der Waals surface area contributed by atoms with Crippen LogP contribution in [0, 0.1) is 22.7 Å². The smallest absolute Gasteiger partial charge is 0.267 e. The number of pyridine rings is 2. The van der Waals surface area contributed by atoms with Crippen molar-refractivity contribution in [3.05, 3.63) is 120 Å². The summed E-state index contributed by atoms with van der Waals surface area (Å²) >= 11 is 1.49. The molecule has 0 aliphatic rings. The quantitative estimate of drug-likeness (QED) is 0.274. The molecule has 2 amide bonds. The minimum absolute atomic E-state index is 0. The maximum absolute atomic E-state index is 11.8. The second kappa shape index (κ2) is 15.6. The van der Waals surface area contributed by atoms with E-state index in [1.54, 1.807) is 55.0 Å². The molecule has 5 aromatic rings. The summed E-state index contributed by atoms with van der Waals surface area (Å²) in [5.74, 6) is -0.970. The third-order valence-corrected chi connectivity index (χ3v) is 6.06. The van der Waals surface area contributed by atoms with Gasteiger partial charge in [0.05, 0.1) is 28.8 Å². The van der Waals surface area contributed by atoms with E-state index in [0.717, 1.165) is 21.1 Å². The van der Waals surface area contributed by atoms with Gasteiger partial charge in [-0.15, -0.1) is 10.2 Å². The molecular formula is C30H26N8O2S. The number of nitrogens with one attached hydrogen (secondary N) is 2. The molecule has 0 radical (unpaired) electrons. The number of amides is 2. The fraction of sp³-hybridized carbons (Fsp3) is 0.0667. The Labute approximate surface area is 242 Å². The van der Waals surface area contributed by atoms with Crippen molar-refractivity contribution in [2.24, 2.45) is 0 Å². The van der Waals surface area contributed by atoms with E-state index in [2.05, 4.69) is 37.1 Å². The van der Waals surface area contributed by atoms with Crippen molar-refractivity contribution in [1.82, 2.24) is 31.0 Å². The van der Waals surface area contributed by atoms with E-state index in [1.165, 1.54) is 23.6 Å². The number of carbonyl (C=O) groups excluding carboxylic acids is 2. The lowest BCUT2D eigenvalue weighted by Crippen LogP contribution is -2.41. The largest absolute Gasteiger partial charge is 0.271 e. The van der Waals surface area contributed by atoms with Gasteiger partial charge in [-0.05, 0) is 54.6 Å². The normalized spacial score (nSPS) is 9.22. The van der Waals surface area contributed by atoms with E-state index in [1.807, 2.05) is 36.4 Å². The zero-order chi connectivity index (χ0) is 27.5. The average molecular weight is 563 g/mol. The lowest BCUT2D eigenvalue weighted by atomic mass is 10.1. The standard InChI is InChI=1S/C14H10N4O2.C14H8N4S.2CH4/c15-8-10-3-1-4-11(7-10)13(19)17-18-14(20)12-5-2-6-16-9-12;15-8-10-3-1-4-11(7-10)13-17-18-14(19-13)12-5-2-6-16-9-12;;/h1-7,9H,(H,17,19)(H,18,20);1-7,9H;2*1H4. The van der Waals surface area contributed by atoms with Crippen molar-refractivity contribution in [3.8, 4) is 33.3 Å². The zero-order valence-corrected chi connectivity index (χ0v) is 21.0. The lowest BCUT2D eigenvalue weighted by molar-refractivity contribution is 0.0846. The molecular weight excluding hydrogens is 536 g/mol. The van der Waals surface area contributed by atoms with Crippen LogP contribution in [0.1, 0.15) is 46.7 Å². The van der Waals surface area contributed by atoms with Gasteiger partial charge in [-0.1, -0.05) is 44.4 Å². The molecule has 204 valence electrons. The Morgan fingerprint density at radius 1 is 0.659 bits per heavy atom. The molecule has 3 heterocycles. The van der Waals surface area contributed by atoms with Crippen molar-refractivity contribution in [1.29, 1.82) is 10.5 Å². The molecule has 5 rings (SSSR count). The molecule has 0 spiro atoms. The Morgan fingerprint density at radius 2 is 1.20 bits per heavy atom. The Hall–Kier alpha value is -5.78. The van der Waals surface area contributed by atoms with Gasteiger partial charge in [0.15, 0.2) is 0 Å². The molecule has 0 aliphatic carbocycles. The molecule has 3 aromatic heterocycles. The summed E-state index contributed by atoms with van der Waals surface area (Å²) < 4.78 is 0. The number of rotatable bonds is 4. The van der Waals surface area contributed by atoms with E-state index >= 15 is 0 Å². The topological polar surface area (TPSA) is 157 Å². The predicted octanol–water partition coefficient (Wildman–Crippen LogP) is 5.44. The minimum atomic E-state index is -0.501. The minimum Gasteiger partial charge on any atom is -0.267 e. The number of benzene rings is 2. The Bertz CT molecular complexity index is 1680. The number of hydrazine groups is 1. The van der Waals surface area contributed by atoms with Crippen LogP contribution in [0.15, 0.2) is 97.6 Å². The van der Waals surface area contributed by atoms with Crippen LogP contribution in [0.3, 0.4) is 0 Å².